The van der Waals surface area contributed by atoms with Gasteiger partial charge in [-0.2, -0.15) is 13.2 Å². The number of nitrogens with zero attached hydrogens (tertiary/aromatic N) is 2. The van der Waals surface area contributed by atoms with E-state index in [0.29, 0.717) is 30.8 Å². The summed E-state index contributed by atoms with van der Waals surface area (Å²) in [6, 6.07) is -0.517. The molecule has 0 saturated carbocycles. The number of aliphatic carboxylic acids is 1. The van der Waals surface area contributed by atoms with Crippen LogP contribution in [0.25, 0.3) is 0 Å². The number of rotatable bonds is 4. The molecule has 19 heavy (non-hydrogen) atoms. The molecule has 1 rings (SSSR count). The third-order valence-corrected chi connectivity index (χ3v) is 3.23. The summed E-state index contributed by atoms with van der Waals surface area (Å²) in [7, 11) is 1.14. The summed E-state index contributed by atoms with van der Waals surface area (Å²) in [6.45, 7) is 1.23. The highest BCUT2D eigenvalue weighted by molar-refractivity contribution is 5.81. The van der Waals surface area contributed by atoms with E-state index in [4.69, 9.17) is 5.11 Å². The summed E-state index contributed by atoms with van der Waals surface area (Å²) < 4.78 is 37.0. The highest BCUT2D eigenvalue weighted by Gasteiger charge is 2.43. The Bertz CT molecular complexity index is 347. The van der Waals surface area contributed by atoms with E-state index in [0.717, 1.165) is 7.05 Å². The van der Waals surface area contributed by atoms with Gasteiger partial charge in [-0.25, -0.2) is 0 Å². The van der Waals surface area contributed by atoms with Gasteiger partial charge in [0.2, 0.25) is 0 Å². The second kappa shape index (κ2) is 6.23. The fourth-order valence-corrected chi connectivity index (χ4v) is 2.17. The summed E-state index contributed by atoms with van der Waals surface area (Å²) >= 11 is 0. The smallest absolute Gasteiger partial charge is 0.471 e. The number of likely N-dealkylation sites (N-methyl/N-ethyl adjacent to an activating group) is 1. The molecule has 1 saturated heterocycles. The number of alkyl halides is 3. The monoisotopic (exact) mass is 282 g/mol. The van der Waals surface area contributed by atoms with Gasteiger partial charge < -0.3 is 14.9 Å². The molecule has 1 N–H and O–H groups in total. The van der Waals surface area contributed by atoms with E-state index in [-0.39, 0.29) is 13.0 Å². The zero-order valence-corrected chi connectivity index (χ0v) is 10.6. The van der Waals surface area contributed by atoms with E-state index in [1.165, 1.54) is 0 Å². The minimum absolute atomic E-state index is 0.0519. The van der Waals surface area contributed by atoms with E-state index >= 15 is 0 Å². The molecule has 0 bridgehead atoms. The lowest BCUT2D eigenvalue weighted by molar-refractivity contribution is -0.187. The molecular formula is C11H17F3N2O3. The predicted octanol–water partition coefficient (Wildman–Crippen LogP) is 0.946. The third-order valence-electron chi connectivity index (χ3n) is 3.23. The largest absolute Gasteiger partial charge is 0.481 e. The normalized spacial score (nSPS) is 21.2. The van der Waals surface area contributed by atoms with Gasteiger partial charge in [-0.1, -0.05) is 0 Å². The van der Waals surface area contributed by atoms with Crippen LogP contribution in [0.4, 0.5) is 13.2 Å². The first-order valence-electron chi connectivity index (χ1n) is 6.00. The van der Waals surface area contributed by atoms with E-state index < -0.39 is 24.1 Å². The van der Waals surface area contributed by atoms with Crippen molar-refractivity contribution in [1.29, 1.82) is 0 Å². The Labute approximate surface area is 109 Å². The average Bonchev–Trinajstić information content (AvgIpc) is 2.33. The van der Waals surface area contributed by atoms with Crippen molar-refractivity contribution in [2.75, 3.05) is 26.7 Å². The molecule has 1 unspecified atom stereocenters. The van der Waals surface area contributed by atoms with Gasteiger partial charge in [0.05, 0.1) is 6.42 Å². The lowest BCUT2D eigenvalue weighted by Gasteiger charge is -2.37. The Morgan fingerprint density at radius 1 is 1.42 bits per heavy atom. The first kappa shape index (κ1) is 15.7. The van der Waals surface area contributed by atoms with Crippen molar-refractivity contribution in [1.82, 2.24) is 9.80 Å². The third kappa shape index (κ3) is 4.70. The van der Waals surface area contributed by atoms with Crippen LogP contribution in [0.1, 0.15) is 19.3 Å². The first-order valence-corrected chi connectivity index (χ1v) is 6.00. The average molecular weight is 282 g/mol. The zero-order chi connectivity index (χ0) is 14.6. The molecule has 0 aromatic rings. The van der Waals surface area contributed by atoms with Crippen LogP contribution >= 0.6 is 0 Å². The zero-order valence-electron chi connectivity index (χ0n) is 10.6. The maximum Gasteiger partial charge on any atom is 0.471 e. The van der Waals surface area contributed by atoms with Gasteiger partial charge in [0, 0.05) is 26.2 Å². The van der Waals surface area contributed by atoms with E-state index in [1.54, 1.807) is 4.90 Å². The standard InChI is InChI=1S/C11H17F3N2O3/c1-15(10(19)11(12,13)14)8-3-2-5-16(7-8)6-4-9(17)18/h8H,2-7H2,1H3,(H,17,18). The molecular weight excluding hydrogens is 265 g/mol. The van der Waals surface area contributed by atoms with Crippen LogP contribution in [-0.4, -0.2) is 65.7 Å². The Kier molecular flexibility index (Phi) is 5.16. The van der Waals surface area contributed by atoms with E-state index in [9.17, 15) is 22.8 Å². The van der Waals surface area contributed by atoms with Crippen LogP contribution in [0.5, 0.6) is 0 Å². The van der Waals surface area contributed by atoms with Gasteiger partial charge in [0.25, 0.3) is 0 Å². The van der Waals surface area contributed by atoms with E-state index in [1.807, 2.05) is 0 Å². The van der Waals surface area contributed by atoms with Crippen molar-refractivity contribution in [3.63, 3.8) is 0 Å². The van der Waals surface area contributed by atoms with Crippen LogP contribution in [-0.2, 0) is 9.59 Å². The molecule has 110 valence electrons. The molecule has 1 aliphatic heterocycles. The Morgan fingerprint density at radius 3 is 2.58 bits per heavy atom. The van der Waals surface area contributed by atoms with E-state index in [2.05, 4.69) is 0 Å². The van der Waals surface area contributed by atoms with Gasteiger partial charge in [-0.15, -0.1) is 0 Å². The van der Waals surface area contributed by atoms with Gasteiger partial charge >= 0.3 is 18.1 Å². The first-order chi connectivity index (χ1) is 8.71. The van der Waals surface area contributed by atoms with Crippen molar-refractivity contribution in [3.8, 4) is 0 Å². The van der Waals surface area contributed by atoms with Gasteiger partial charge in [0.15, 0.2) is 0 Å². The number of likely N-dealkylation sites (tertiary alicyclic amines) is 1. The van der Waals surface area contributed by atoms with Crippen molar-refractivity contribution < 1.29 is 27.9 Å². The number of amides is 1. The maximum absolute atomic E-state index is 12.3. The highest BCUT2D eigenvalue weighted by atomic mass is 19.4. The predicted molar refractivity (Wildman–Crippen MR) is 60.5 cm³/mol. The topological polar surface area (TPSA) is 60.9 Å². The molecule has 1 fully saturated rings. The van der Waals surface area contributed by atoms with Crippen LogP contribution in [0.2, 0.25) is 0 Å². The molecule has 1 amide bonds. The number of hydrogen-bond acceptors (Lipinski definition) is 3. The lowest BCUT2D eigenvalue weighted by atomic mass is 10.0. The molecule has 1 heterocycles. The molecule has 0 aromatic heterocycles. The minimum Gasteiger partial charge on any atom is -0.481 e. The molecule has 8 heteroatoms. The molecule has 5 nitrogen and oxygen atoms in total. The van der Waals surface area contributed by atoms with Crippen molar-refractivity contribution in [3.05, 3.63) is 0 Å². The van der Waals surface area contributed by atoms with Crippen LogP contribution in [0, 0.1) is 0 Å². The van der Waals surface area contributed by atoms with Crippen molar-refractivity contribution in [2.24, 2.45) is 0 Å². The summed E-state index contributed by atoms with van der Waals surface area (Å²) in [5, 5.41) is 8.57. The molecule has 0 aliphatic carbocycles. The number of halogens is 3. The van der Waals surface area contributed by atoms with Crippen molar-refractivity contribution >= 4 is 11.9 Å². The number of carbonyl (C=O) groups excluding carboxylic acids is 1. The summed E-state index contributed by atoms with van der Waals surface area (Å²) in [5.74, 6) is -2.79. The molecule has 1 aliphatic rings. The number of carboxylic acid groups (broad SMARTS) is 1. The van der Waals surface area contributed by atoms with Crippen LogP contribution in [0.15, 0.2) is 0 Å². The second-order valence-corrected chi connectivity index (χ2v) is 4.65. The quantitative estimate of drug-likeness (QED) is 0.834. The number of carbonyl (C=O) groups is 2. The SMILES string of the molecule is CN(C(=O)C(F)(F)F)C1CCCN(CCC(=O)O)C1. The minimum atomic E-state index is -4.86. The summed E-state index contributed by atoms with van der Waals surface area (Å²) in [5.41, 5.74) is 0. The van der Waals surface area contributed by atoms with Crippen molar-refractivity contribution in [2.45, 2.75) is 31.5 Å². The molecule has 0 spiro atoms. The molecule has 1 atom stereocenters. The Hall–Kier alpha value is -1.31. The fraction of sp³-hybridized carbons (Fsp3) is 0.818. The fourth-order valence-electron chi connectivity index (χ4n) is 2.17. The molecule has 0 radical (unpaired) electrons. The number of piperidine rings is 1. The van der Waals surface area contributed by atoms with Crippen LogP contribution in [0.3, 0.4) is 0 Å². The van der Waals surface area contributed by atoms with Gasteiger partial charge in [-0.05, 0) is 19.4 Å². The van der Waals surface area contributed by atoms with Crippen LogP contribution < -0.4 is 0 Å². The number of carboxylic acids is 1. The summed E-state index contributed by atoms with van der Waals surface area (Å²) in [6.07, 6.45) is -3.76. The maximum atomic E-state index is 12.3. The second-order valence-electron chi connectivity index (χ2n) is 4.65. The highest BCUT2D eigenvalue weighted by Crippen LogP contribution is 2.22. The Balaban J connectivity index is 2.54. The Morgan fingerprint density at radius 2 is 2.05 bits per heavy atom. The van der Waals surface area contributed by atoms with Gasteiger partial charge in [-0.3, -0.25) is 9.59 Å². The number of hydrogen-bond donors (Lipinski definition) is 1. The summed E-state index contributed by atoms with van der Waals surface area (Å²) in [4.78, 5) is 24.1. The van der Waals surface area contributed by atoms with Gasteiger partial charge in [0.1, 0.15) is 0 Å². The molecule has 0 aromatic carbocycles. The lowest BCUT2D eigenvalue weighted by Crippen LogP contribution is -2.52.